The Bertz CT molecular complexity index is 628. The van der Waals surface area contributed by atoms with E-state index in [1.807, 2.05) is 0 Å². The Morgan fingerprint density at radius 3 is 2.17 bits per heavy atom. The molecule has 0 aliphatic rings. The zero-order chi connectivity index (χ0) is 13.3. The topological polar surface area (TPSA) is 30.0 Å². The molecule has 0 spiro atoms. The molecule has 0 unspecified atom stereocenters. The van der Waals surface area contributed by atoms with E-state index >= 15 is 0 Å². The second-order valence-corrected chi connectivity index (χ2v) is 5.02. The van der Waals surface area contributed by atoms with Gasteiger partial charge in [0, 0.05) is 11.1 Å². The smallest absolute Gasteiger partial charge is 0.168 e. The Morgan fingerprint density at radius 2 is 1.56 bits per heavy atom. The Hall–Kier alpha value is -0.800. The van der Waals surface area contributed by atoms with E-state index < -0.39 is 0 Å². The zero-order valence-corrected chi connectivity index (χ0v) is 11.8. The van der Waals surface area contributed by atoms with Gasteiger partial charge in [0.2, 0.25) is 0 Å². The lowest BCUT2D eigenvalue weighted by Crippen LogP contribution is -1.90. The normalized spacial score (nSPS) is 10.4. The SMILES string of the molecule is O=Cc1ccc(-c2cc(Cl)c(Cl)cc2Cl)c(Cl)n1. The van der Waals surface area contributed by atoms with Crippen LogP contribution in [0.1, 0.15) is 10.5 Å². The fraction of sp³-hybridized carbons (Fsp3) is 0. The first-order chi connectivity index (χ1) is 8.52. The molecule has 1 aromatic carbocycles. The third-order valence-corrected chi connectivity index (χ3v) is 3.61. The molecule has 6 heteroatoms. The van der Waals surface area contributed by atoms with Gasteiger partial charge >= 0.3 is 0 Å². The van der Waals surface area contributed by atoms with Crippen molar-refractivity contribution in [2.24, 2.45) is 0 Å². The monoisotopic (exact) mass is 319 g/mol. The predicted octanol–water partition coefficient (Wildman–Crippen LogP) is 5.17. The van der Waals surface area contributed by atoms with Gasteiger partial charge < -0.3 is 0 Å². The van der Waals surface area contributed by atoms with Crippen molar-refractivity contribution in [1.82, 2.24) is 4.98 Å². The van der Waals surface area contributed by atoms with E-state index in [0.717, 1.165) is 0 Å². The third kappa shape index (κ3) is 2.62. The standard InChI is InChI=1S/C12H5Cl4NO/c13-9-4-11(15)10(14)3-8(9)7-2-1-6(5-18)17-12(7)16/h1-5H. The van der Waals surface area contributed by atoms with E-state index in [1.54, 1.807) is 18.2 Å². The van der Waals surface area contributed by atoms with E-state index in [2.05, 4.69) is 4.98 Å². The van der Waals surface area contributed by atoms with Crippen molar-refractivity contribution in [3.8, 4) is 11.1 Å². The Labute approximate surface area is 123 Å². The van der Waals surface area contributed by atoms with Gasteiger partial charge in [0.05, 0.1) is 15.1 Å². The molecule has 0 saturated heterocycles. The lowest BCUT2D eigenvalue weighted by Gasteiger charge is -2.08. The van der Waals surface area contributed by atoms with Gasteiger partial charge in [0.1, 0.15) is 10.8 Å². The summed E-state index contributed by atoms with van der Waals surface area (Å²) in [5.74, 6) is 0. The van der Waals surface area contributed by atoms with Crippen molar-refractivity contribution in [3.05, 3.63) is 50.2 Å². The van der Waals surface area contributed by atoms with Crippen LogP contribution >= 0.6 is 46.4 Å². The summed E-state index contributed by atoms with van der Waals surface area (Å²) in [5, 5.41) is 1.32. The summed E-state index contributed by atoms with van der Waals surface area (Å²) in [6.45, 7) is 0. The quantitative estimate of drug-likeness (QED) is 0.434. The molecule has 0 bridgehead atoms. The number of rotatable bonds is 2. The minimum atomic E-state index is 0.180. The average molecular weight is 321 g/mol. The van der Waals surface area contributed by atoms with Crippen LogP contribution < -0.4 is 0 Å². The van der Waals surface area contributed by atoms with Gasteiger partial charge in [-0.2, -0.15) is 0 Å². The van der Waals surface area contributed by atoms with Gasteiger partial charge in [-0.15, -0.1) is 0 Å². The molecule has 0 atom stereocenters. The van der Waals surface area contributed by atoms with Gasteiger partial charge in [0.25, 0.3) is 0 Å². The van der Waals surface area contributed by atoms with Crippen LogP contribution in [0.2, 0.25) is 20.2 Å². The highest BCUT2D eigenvalue weighted by molar-refractivity contribution is 6.44. The highest BCUT2D eigenvalue weighted by Gasteiger charge is 2.12. The minimum absolute atomic E-state index is 0.180. The second kappa shape index (κ2) is 5.45. The van der Waals surface area contributed by atoms with Crippen LogP contribution in [-0.4, -0.2) is 11.3 Å². The number of hydrogen-bond acceptors (Lipinski definition) is 2. The summed E-state index contributed by atoms with van der Waals surface area (Å²) in [6.07, 6.45) is 0.617. The van der Waals surface area contributed by atoms with Crippen LogP contribution in [0.3, 0.4) is 0 Å². The zero-order valence-electron chi connectivity index (χ0n) is 8.75. The lowest BCUT2D eigenvalue weighted by molar-refractivity contribution is 0.111. The predicted molar refractivity (Wildman–Crippen MR) is 75.1 cm³/mol. The summed E-state index contributed by atoms with van der Waals surface area (Å²) in [6, 6.07) is 6.35. The van der Waals surface area contributed by atoms with Crippen LogP contribution in [0.15, 0.2) is 24.3 Å². The summed E-state index contributed by atoms with van der Waals surface area (Å²) in [7, 11) is 0. The first-order valence-corrected chi connectivity index (χ1v) is 6.30. The Kier molecular flexibility index (Phi) is 4.13. The van der Waals surface area contributed by atoms with Gasteiger partial charge in [-0.1, -0.05) is 46.4 Å². The highest BCUT2D eigenvalue weighted by atomic mass is 35.5. The molecule has 0 fully saturated rings. The number of aromatic nitrogens is 1. The molecule has 2 nitrogen and oxygen atoms in total. The molecule has 18 heavy (non-hydrogen) atoms. The summed E-state index contributed by atoms with van der Waals surface area (Å²) >= 11 is 23.9. The van der Waals surface area contributed by atoms with E-state index in [1.165, 1.54) is 6.07 Å². The number of hydrogen-bond donors (Lipinski definition) is 0. The second-order valence-electron chi connectivity index (χ2n) is 3.44. The molecule has 2 rings (SSSR count). The van der Waals surface area contributed by atoms with E-state index in [9.17, 15) is 4.79 Å². The van der Waals surface area contributed by atoms with Gasteiger partial charge in [0.15, 0.2) is 6.29 Å². The maximum atomic E-state index is 10.6. The number of carbonyl (C=O) groups excluding carboxylic acids is 1. The van der Waals surface area contributed by atoms with Crippen molar-refractivity contribution < 1.29 is 4.79 Å². The summed E-state index contributed by atoms with van der Waals surface area (Å²) < 4.78 is 0. The van der Waals surface area contributed by atoms with E-state index in [0.29, 0.717) is 32.5 Å². The van der Waals surface area contributed by atoms with Gasteiger partial charge in [-0.25, -0.2) is 4.98 Å². The molecule has 0 saturated carbocycles. The summed E-state index contributed by atoms with van der Waals surface area (Å²) in [5.41, 5.74) is 1.45. The largest absolute Gasteiger partial charge is 0.296 e. The van der Waals surface area contributed by atoms with E-state index in [-0.39, 0.29) is 10.8 Å². The fourth-order valence-corrected chi connectivity index (χ4v) is 2.35. The number of aldehydes is 1. The first-order valence-electron chi connectivity index (χ1n) is 4.79. The van der Waals surface area contributed by atoms with Crippen molar-refractivity contribution in [1.29, 1.82) is 0 Å². The minimum Gasteiger partial charge on any atom is -0.296 e. The molecule has 0 aliphatic heterocycles. The molecule has 92 valence electrons. The first kappa shape index (κ1) is 13.6. The molecule has 1 heterocycles. The van der Waals surface area contributed by atoms with Crippen LogP contribution in [-0.2, 0) is 0 Å². The summed E-state index contributed by atoms with van der Waals surface area (Å²) in [4.78, 5) is 14.5. The number of halogens is 4. The molecule has 1 aromatic heterocycles. The molecule has 0 amide bonds. The van der Waals surface area contributed by atoms with Gasteiger partial charge in [-0.05, 0) is 24.3 Å². The van der Waals surface area contributed by atoms with Crippen LogP contribution in [0.25, 0.3) is 11.1 Å². The Balaban J connectivity index is 2.62. The number of nitrogens with zero attached hydrogens (tertiary/aromatic N) is 1. The molecule has 0 N–H and O–H groups in total. The van der Waals surface area contributed by atoms with Crippen molar-refractivity contribution in [2.75, 3.05) is 0 Å². The molecular weight excluding hydrogens is 316 g/mol. The lowest BCUT2D eigenvalue weighted by atomic mass is 10.1. The maximum absolute atomic E-state index is 10.6. The molecule has 0 aliphatic carbocycles. The van der Waals surface area contributed by atoms with Crippen LogP contribution in [0, 0.1) is 0 Å². The average Bonchev–Trinajstić information content (AvgIpc) is 2.34. The number of benzene rings is 1. The number of pyridine rings is 1. The van der Waals surface area contributed by atoms with Crippen LogP contribution in [0.5, 0.6) is 0 Å². The van der Waals surface area contributed by atoms with Crippen molar-refractivity contribution >= 4 is 52.7 Å². The van der Waals surface area contributed by atoms with Crippen molar-refractivity contribution in [3.63, 3.8) is 0 Å². The fourth-order valence-electron chi connectivity index (χ4n) is 1.44. The van der Waals surface area contributed by atoms with E-state index in [4.69, 9.17) is 46.4 Å². The molecular formula is C12H5Cl4NO. The molecule has 2 aromatic rings. The van der Waals surface area contributed by atoms with Crippen LogP contribution in [0.4, 0.5) is 0 Å². The maximum Gasteiger partial charge on any atom is 0.168 e. The van der Waals surface area contributed by atoms with Gasteiger partial charge in [-0.3, -0.25) is 4.79 Å². The Morgan fingerprint density at radius 1 is 0.889 bits per heavy atom. The number of carbonyl (C=O) groups is 1. The molecule has 0 radical (unpaired) electrons. The third-order valence-electron chi connectivity index (χ3n) is 2.29. The highest BCUT2D eigenvalue weighted by Crippen LogP contribution is 2.37. The van der Waals surface area contributed by atoms with Crippen molar-refractivity contribution in [2.45, 2.75) is 0 Å².